The van der Waals surface area contributed by atoms with Crippen molar-refractivity contribution in [3.63, 3.8) is 0 Å². The van der Waals surface area contributed by atoms with Gasteiger partial charge in [-0.15, -0.1) is 0 Å². The lowest BCUT2D eigenvalue weighted by Crippen LogP contribution is -2.59. The lowest BCUT2D eigenvalue weighted by molar-refractivity contribution is -0.136. The van der Waals surface area contributed by atoms with Gasteiger partial charge < -0.3 is 15.4 Å². The van der Waals surface area contributed by atoms with Crippen molar-refractivity contribution in [1.29, 1.82) is 0 Å². The van der Waals surface area contributed by atoms with Gasteiger partial charge in [0, 0.05) is 19.1 Å². The standard InChI is InChI=1S/C12H24N2O2/c1-4-6-10(5-2)14-11(15)7-16-12(3)8-13-9-12/h10,13H,4-9H2,1-3H3,(H,14,15). The van der Waals surface area contributed by atoms with Crippen molar-refractivity contribution in [3.05, 3.63) is 0 Å². The average molecular weight is 228 g/mol. The van der Waals surface area contributed by atoms with Gasteiger partial charge in [-0.05, 0) is 19.8 Å². The van der Waals surface area contributed by atoms with Gasteiger partial charge in [-0.3, -0.25) is 4.79 Å². The van der Waals surface area contributed by atoms with Crippen LogP contribution in [0.4, 0.5) is 0 Å². The molecule has 0 aliphatic carbocycles. The van der Waals surface area contributed by atoms with E-state index in [9.17, 15) is 4.79 Å². The van der Waals surface area contributed by atoms with E-state index in [0.717, 1.165) is 32.4 Å². The van der Waals surface area contributed by atoms with E-state index < -0.39 is 0 Å². The Labute approximate surface area is 98.1 Å². The second-order valence-corrected chi connectivity index (χ2v) is 4.80. The smallest absolute Gasteiger partial charge is 0.246 e. The van der Waals surface area contributed by atoms with Crippen LogP contribution in [0, 0.1) is 0 Å². The first-order valence-electron chi connectivity index (χ1n) is 6.23. The summed E-state index contributed by atoms with van der Waals surface area (Å²) in [5, 5.41) is 6.15. The van der Waals surface area contributed by atoms with Gasteiger partial charge in [-0.2, -0.15) is 0 Å². The first-order valence-corrected chi connectivity index (χ1v) is 6.23. The van der Waals surface area contributed by atoms with Crippen LogP contribution in [0.15, 0.2) is 0 Å². The fourth-order valence-electron chi connectivity index (χ4n) is 1.82. The molecule has 2 N–H and O–H groups in total. The Kier molecular flexibility index (Phi) is 5.22. The van der Waals surface area contributed by atoms with E-state index >= 15 is 0 Å². The van der Waals surface area contributed by atoms with Crippen LogP contribution >= 0.6 is 0 Å². The van der Waals surface area contributed by atoms with Crippen molar-refractivity contribution in [2.24, 2.45) is 0 Å². The molecule has 1 amide bonds. The second-order valence-electron chi connectivity index (χ2n) is 4.80. The molecule has 0 aromatic rings. The fourth-order valence-corrected chi connectivity index (χ4v) is 1.82. The Morgan fingerprint density at radius 3 is 2.62 bits per heavy atom. The van der Waals surface area contributed by atoms with Gasteiger partial charge in [0.1, 0.15) is 6.61 Å². The quantitative estimate of drug-likeness (QED) is 0.685. The zero-order chi connectivity index (χ0) is 12.0. The Morgan fingerprint density at radius 1 is 1.50 bits per heavy atom. The highest BCUT2D eigenvalue weighted by Gasteiger charge is 2.33. The highest BCUT2D eigenvalue weighted by molar-refractivity contribution is 5.77. The van der Waals surface area contributed by atoms with E-state index in [1.807, 2.05) is 6.92 Å². The fraction of sp³-hybridized carbons (Fsp3) is 0.917. The van der Waals surface area contributed by atoms with Crippen LogP contribution < -0.4 is 10.6 Å². The topological polar surface area (TPSA) is 50.4 Å². The molecule has 0 spiro atoms. The minimum Gasteiger partial charge on any atom is -0.363 e. The molecule has 0 bridgehead atoms. The summed E-state index contributed by atoms with van der Waals surface area (Å²) < 4.78 is 5.58. The molecular weight excluding hydrogens is 204 g/mol. The van der Waals surface area contributed by atoms with E-state index in [1.54, 1.807) is 0 Å². The van der Waals surface area contributed by atoms with Crippen LogP contribution in [-0.4, -0.2) is 37.2 Å². The molecule has 0 saturated carbocycles. The second kappa shape index (κ2) is 6.21. The predicted octanol–water partition coefficient (Wildman–Crippen LogP) is 1.06. The first-order chi connectivity index (χ1) is 7.59. The largest absolute Gasteiger partial charge is 0.363 e. The van der Waals surface area contributed by atoms with Crippen LogP contribution in [0.5, 0.6) is 0 Å². The SMILES string of the molecule is CCCC(CC)NC(=O)COC1(C)CNC1. The summed E-state index contributed by atoms with van der Waals surface area (Å²) in [4.78, 5) is 11.6. The van der Waals surface area contributed by atoms with Gasteiger partial charge in [0.25, 0.3) is 0 Å². The zero-order valence-corrected chi connectivity index (χ0v) is 10.6. The summed E-state index contributed by atoms with van der Waals surface area (Å²) in [5.41, 5.74) is -0.135. The summed E-state index contributed by atoms with van der Waals surface area (Å²) in [6.45, 7) is 8.11. The molecule has 16 heavy (non-hydrogen) atoms. The number of hydrogen-bond acceptors (Lipinski definition) is 3. The van der Waals surface area contributed by atoms with Crippen LogP contribution in [0.25, 0.3) is 0 Å². The van der Waals surface area contributed by atoms with Crippen LogP contribution in [0.1, 0.15) is 40.0 Å². The van der Waals surface area contributed by atoms with Gasteiger partial charge >= 0.3 is 0 Å². The molecule has 1 fully saturated rings. The summed E-state index contributed by atoms with van der Waals surface area (Å²) >= 11 is 0. The number of ether oxygens (including phenoxy) is 1. The van der Waals surface area contributed by atoms with Gasteiger partial charge in [-0.1, -0.05) is 20.3 Å². The average Bonchev–Trinajstić information content (AvgIpc) is 2.23. The Bertz CT molecular complexity index is 227. The monoisotopic (exact) mass is 228 g/mol. The molecule has 4 heteroatoms. The molecule has 1 aliphatic rings. The molecule has 1 saturated heterocycles. The molecule has 0 aromatic heterocycles. The normalized spacial score (nSPS) is 19.9. The maximum absolute atomic E-state index is 11.6. The molecule has 1 unspecified atom stereocenters. The maximum atomic E-state index is 11.6. The Hall–Kier alpha value is -0.610. The van der Waals surface area contributed by atoms with Crippen molar-refractivity contribution < 1.29 is 9.53 Å². The summed E-state index contributed by atoms with van der Waals surface area (Å²) in [6, 6.07) is 0.299. The Morgan fingerprint density at radius 2 is 2.19 bits per heavy atom. The molecule has 0 aromatic carbocycles. The summed E-state index contributed by atoms with van der Waals surface area (Å²) in [5.74, 6) is 0.00780. The van der Waals surface area contributed by atoms with E-state index in [2.05, 4.69) is 24.5 Å². The number of nitrogens with one attached hydrogen (secondary N) is 2. The maximum Gasteiger partial charge on any atom is 0.246 e. The zero-order valence-electron chi connectivity index (χ0n) is 10.6. The number of hydrogen-bond donors (Lipinski definition) is 2. The van der Waals surface area contributed by atoms with Crippen LogP contribution in [0.2, 0.25) is 0 Å². The molecule has 1 heterocycles. The highest BCUT2D eigenvalue weighted by Crippen LogP contribution is 2.14. The van der Waals surface area contributed by atoms with Crippen molar-refractivity contribution in [2.45, 2.75) is 51.7 Å². The first kappa shape index (κ1) is 13.5. The van der Waals surface area contributed by atoms with Gasteiger partial charge in [0.15, 0.2) is 0 Å². The molecule has 1 rings (SSSR count). The molecule has 0 radical (unpaired) electrons. The number of amides is 1. The van der Waals surface area contributed by atoms with E-state index in [1.165, 1.54) is 0 Å². The van der Waals surface area contributed by atoms with Gasteiger partial charge in [0.2, 0.25) is 5.91 Å². The molecule has 4 nitrogen and oxygen atoms in total. The Balaban J connectivity index is 2.18. The summed E-state index contributed by atoms with van der Waals surface area (Å²) in [6.07, 6.45) is 3.13. The lowest BCUT2D eigenvalue weighted by Gasteiger charge is -2.38. The third kappa shape index (κ3) is 4.10. The highest BCUT2D eigenvalue weighted by atomic mass is 16.5. The third-order valence-corrected chi connectivity index (χ3v) is 3.04. The van der Waals surface area contributed by atoms with E-state index in [4.69, 9.17) is 4.74 Å². The number of carbonyl (C=O) groups excluding carboxylic acids is 1. The van der Waals surface area contributed by atoms with Crippen molar-refractivity contribution in [1.82, 2.24) is 10.6 Å². The lowest BCUT2D eigenvalue weighted by atomic mass is 10.0. The predicted molar refractivity (Wildman–Crippen MR) is 64.4 cm³/mol. The van der Waals surface area contributed by atoms with E-state index in [-0.39, 0.29) is 18.1 Å². The van der Waals surface area contributed by atoms with Crippen LogP contribution in [-0.2, 0) is 9.53 Å². The third-order valence-electron chi connectivity index (χ3n) is 3.04. The summed E-state index contributed by atoms with van der Waals surface area (Å²) in [7, 11) is 0. The number of carbonyl (C=O) groups is 1. The van der Waals surface area contributed by atoms with E-state index in [0.29, 0.717) is 6.04 Å². The molecule has 94 valence electrons. The van der Waals surface area contributed by atoms with Crippen molar-refractivity contribution in [2.75, 3.05) is 19.7 Å². The molecular formula is C12H24N2O2. The minimum absolute atomic E-state index is 0.00780. The minimum atomic E-state index is -0.135. The number of rotatable bonds is 7. The molecule has 1 atom stereocenters. The van der Waals surface area contributed by atoms with Crippen LogP contribution in [0.3, 0.4) is 0 Å². The van der Waals surface area contributed by atoms with Gasteiger partial charge in [0.05, 0.1) is 5.60 Å². The molecule has 1 aliphatic heterocycles. The van der Waals surface area contributed by atoms with Crippen molar-refractivity contribution in [3.8, 4) is 0 Å². The van der Waals surface area contributed by atoms with Crippen molar-refractivity contribution >= 4 is 5.91 Å². The van der Waals surface area contributed by atoms with Gasteiger partial charge in [-0.25, -0.2) is 0 Å².